The number of aryl methyl sites for hydroxylation is 1. The lowest BCUT2D eigenvalue weighted by Crippen LogP contribution is -1.99. The molecule has 0 atom stereocenters. The minimum absolute atomic E-state index is 0.197. The lowest BCUT2D eigenvalue weighted by molar-refractivity contribution is 0.414. The maximum Gasteiger partial charge on any atom is 0.174 e. The Labute approximate surface area is 140 Å². The van der Waals surface area contributed by atoms with Crippen LogP contribution in [-0.4, -0.2) is 27.0 Å². The molecule has 0 amide bonds. The van der Waals surface area contributed by atoms with E-state index in [1.807, 2.05) is 55.5 Å². The molecule has 1 heterocycles. The smallest absolute Gasteiger partial charge is 0.174 e. The average molecular weight is 321 g/mol. The number of ether oxygens (including phenoxy) is 1. The van der Waals surface area contributed by atoms with Crippen LogP contribution < -0.4 is 4.74 Å². The van der Waals surface area contributed by atoms with Gasteiger partial charge >= 0.3 is 0 Å². The number of rotatable bonds is 5. The van der Waals surface area contributed by atoms with Crippen LogP contribution in [0.1, 0.15) is 18.3 Å². The van der Waals surface area contributed by atoms with Gasteiger partial charge < -0.3 is 9.84 Å². The molecular formula is C19H19N3O2. The fraction of sp³-hybridized carbons (Fsp3) is 0.158. The van der Waals surface area contributed by atoms with E-state index >= 15 is 0 Å². The Balaban J connectivity index is 1.92. The molecule has 0 unspecified atom stereocenters. The van der Waals surface area contributed by atoms with Crippen molar-refractivity contribution in [1.29, 1.82) is 0 Å². The number of benzene rings is 2. The monoisotopic (exact) mass is 321 g/mol. The van der Waals surface area contributed by atoms with Crippen LogP contribution in [-0.2, 0) is 6.54 Å². The van der Waals surface area contributed by atoms with Gasteiger partial charge in [-0.1, -0.05) is 30.3 Å². The molecule has 0 spiro atoms. The Morgan fingerprint density at radius 2 is 1.96 bits per heavy atom. The van der Waals surface area contributed by atoms with Gasteiger partial charge in [0.05, 0.1) is 12.7 Å². The molecule has 2 aromatic carbocycles. The molecule has 24 heavy (non-hydrogen) atoms. The summed E-state index contributed by atoms with van der Waals surface area (Å²) in [6.07, 6.45) is 3.79. The van der Waals surface area contributed by atoms with E-state index in [-0.39, 0.29) is 5.75 Å². The maximum absolute atomic E-state index is 10.0. The Bertz CT molecular complexity index is 869. The van der Waals surface area contributed by atoms with Gasteiger partial charge in [-0.05, 0) is 42.8 Å². The number of para-hydroxylation sites is 1. The van der Waals surface area contributed by atoms with Crippen molar-refractivity contribution in [2.75, 3.05) is 7.11 Å². The van der Waals surface area contributed by atoms with Gasteiger partial charge in [0, 0.05) is 6.54 Å². The maximum atomic E-state index is 10.0. The standard InChI is InChI=1S/C19H19N3O2/c1-3-22-19(16-9-4-5-10-17(16)23)20-18(21-22)12-11-14-7-6-8-15(13-14)24-2/h4-13,23H,3H2,1-2H3/b12-11+. The molecule has 0 radical (unpaired) electrons. The van der Waals surface area contributed by atoms with Gasteiger partial charge in [-0.3, -0.25) is 0 Å². The van der Waals surface area contributed by atoms with Gasteiger partial charge in [0.1, 0.15) is 11.5 Å². The zero-order valence-electron chi connectivity index (χ0n) is 13.7. The van der Waals surface area contributed by atoms with Gasteiger partial charge in [0.2, 0.25) is 0 Å². The zero-order chi connectivity index (χ0) is 16.9. The topological polar surface area (TPSA) is 60.2 Å². The minimum atomic E-state index is 0.197. The number of aromatic nitrogens is 3. The number of methoxy groups -OCH3 is 1. The number of nitrogens with zero attached hydrogens (tertiary/aromatic N) is 3. The first-order valence-corrected chi connectivity index (χ1v) is 7.76. The molecule has 1 aromatic heterocycles. The van der Waals surface area contributed by atoms with E-state index in [1.54, 1.807) is 23.9 Å². The van der Waals surface area contributed by atoms with E-state index in [1.165, 1.54) is 0 Å². The number of phenols is 1. The van der Waals surface area contributed by atoms with E-state index in [0.29, 0.717) is 23.8 Å². The number of hydrogen-bond donors (Lipinski definition) is 1. The predicted molar refractivity (Wildman–Crippen MR) is 94.7 cm³/mol. The van der Waals surface area contributed by atoms with Crippen LogP contribution in [0.5, 0.6) is 11.5 Å². The molecule has 0 aliphatic carbocycles. The first-order chi connectivity index (χ1) is 11.7. The van der Waals surface area contributed by atoms with Crippen molar-refractivity contribution in [3.05, 3.63) is 59.9 Å². The highest BCUT2D eigenvalue weighted by Gasteiger charge is 2.12. The first kappa shape index (κ1) is 15.8. The van der Waals surface area contributed by atoms with E-state index < -0.39 is 0 Å². The summed E-state index contributed by atoms with van der Waals surface area (Å²) in [5, 5.41) is 14.5. The Kier molecular flexibility index (Phi) is 4.61. The van der Waals surface area contributed by atoms with Gasteiger partial charge in [-0.25, -0.2) is 9.67 Å². The summed E-state index contributed by atoms with van der Waals surface area (Å²) in [6.45, 7) is 2.66. The van der Waals surface area contributed by atoms with Crippen molar-refractivity contribution < 1.29 is 9.84 Å². The van der Waals surface area contributed by atoms with Crippen LogP contribution >= 0.6 is 0 Å². The molecule has 0 aliphatic heterocycles. The van der Waals surface area contributed by atoms with Crippen LogP contribution in [0.15, 0.2) is 48.5 Å². The van der Waals surface area contributed by atoms with E-state index in [0.717, 1.165) is 11.3 Å². The molecule has 3 aromatic rings. The third kappa shape index (κ3) is 3.30. The summed E-state index contributed by atoms with van der Waals surface area (Å²) in [7, 11) is 1.64. The highest BCUT2D eigenvalue weighted by molar-refractivity contribution is 5.69. The first-order valence-electron chi connectivity index (χ1n) is 7.76. The molecule has 0 aliphatic rings. The lowest BCUT2D eigenvalue weighted by atomic mass is 10.2. The molecule has 1 N–H and O–H groups in total. The van der Waals surface area contributed by atoms with Crippen LogP contribution in [0.25, 0.3) is 23.5 Å². The summed E-state index contributed by atoms with van der Waals surface area (Å²) >= 11 is 0. The summed E-state index contributed by atoms with van der Waals surface area (Å²) in [5.74, 6) is 2.25. The van der Waals surface area contributed by atoms with Crippen LogP contribution in [0, 0.1) is 0 Å². The second kappa shape index (κ2) is 7.00. The van der Waals surface area contributed by atoms with Crippen molar-refractivity contribution in [2.45, 2.75) is 13.5 Å². The molecule has 5 heteroatoms. The number of hydrogen-bond acceptors (Lipinski definition) is 4. The normalized spacial score (nSPS) is 11.1. The Morgan fingerprint density at radius 3 is 2.71 bits per heavy atom. The third-order valence-corrected chi connectivity index (χ3v) is 3.65. The van der Waals surface area contributed by atoms with E-state index in [4.69, 9.17) is 4.74 Å². The fourth-order valence-corrected chi connectivity index (χ4v) is 2.43. The Hall–Kier alpha value is -3.08. The minimum Gasteiger partial charge on any atom is -0.507 e. The van der Waals surface area contributed by atoms with Crippen LogP contribution in [0.3, 0.4) is 0 Å². The average Bonchev–Trinajstić information content (AvgIpc) is 3.03. The van der Waals surface area contributed by atoms with Crippen LogP contribution in [0.4, 0.5) is 0 Å². The predicted octanol–water partition coefficient (Wildman–Crippen LogP) is 3.85. The summed E-state index contributed by atoms with van der Waals surface area (Å²) < 4.78 is 7.00. The largest absolute Gasteiger partial charge is 0.507 e. The van der Waals surface area contributed by atoms with E-state index in [2.05, 4.69) is 10.1 Å². The molecule has 0 fully saturated rings. The summed E-state index contributed by atoms with van der Waals surface area (Å²) in [5.41, 5.74) is 1.68. The number of aromatic hydroxyl groups is 1. The molecule has 0 bridgehead atoms. The molecule has 0 saturated carbocycles. The van der Waals surface area contributed by atoms with Crippen molar-refractivity contribution in [3.63, 3.8) is 0 Å². The van der Waals surface area contributed by atoms with Crippen LogP contribution in [0.2, 0.25) is 0 Å². The second-order valence-electron chi connectivity index (χ2n) is 5.24. The molecule has 122 valence electrons. The second-order valence-corrected chi connectivity index (χ2v) is 5.24. The lowest BCUT2D eigenvalue weighted by Gasteiger charge is -2.04. The quantitative estimate of drug-likeness (QED) is 0.775. The van der Waals surface area contributed by atoms with Crippen molar-refractivity contribution in [1.82, 2.24) is 14.8 Å². The van der Waals surface area contributed by atoms with Gasteiger partial charge in [0.25, 0.3) is 0 Å². The summed E-state index contributed by atoms with van der Waals surface area (Å²) in [4.78, 5) is 4.54. The zero-order valence-corrected chi connectivity index (χ0v) is 13.7. The third-order valence-electron chi connectivity index (χ3n) is 3.65. The molecule has 0 saturated heterocycles. The van der Waals surface area contributed by atoms with Crippen molar-refractivity contribution >= 4 is 12.2 Å². The van der Waals surface area contributed by atoms with Gasteiger partial charge in [-0.15, -0.1) is 0 Å². The van der Waals surface area contributed by atoms with Gasteiger partial charge in [0.15, 0.2) is 11.6 Å². The SMILES string of the molecule is CCn1nc(/C=C/c2cccc(OC)c2)nc1-c1ccccc1O. The summed E-state index contributed by atoms with van der Waals surface area (Å²) in [6, 6.07) is 14.9. The molecule has 5 nitrogen and oxygen atoms in total. The van der Waals surface area contributed by atoms with Crippen molar-refractivity contribution in [3.8, 4) is 22.9 Å². The highest BCUT2D eigenvalue weighted by atomic mass is 16.5. The molecule has 3 rings (SSSR count). The van der Waals surface area contributed by atoms with Gasteiger partial charge in [-0.2, -0.15) is 5.10 Å². The van der Waals surface area contributed by atoms with Crippen molar-refractivity contribution in [2.24, 2.45) is 0 Å². The highest BCUT2D eigenvalue weighted by Crippen LogP contribution is 2.27. The Morgan fingerprint density at radius 1 is 1.12 bits per heavy atom. The fourth-order valence-electron chi connectivity index (χ4n) is 2.43. The number of phenolic OH excluding ortho intramolecular Hbond substituents is 1. The van der Waals surface area contributed by atoms with E-state index in [9.17, 15) is 5.11 Å². The molecular weight excluding hydrogens is 302 g/mol.